The molecule has 2 rings (SSSR count). The Kier molecular flexibility index (Phi) is 3.72. The number of amides is 1. The summed E-state index contributed by atoms with van der Waals surface area (Å²) in [6.45, 7) is 0.260. The zero-order chi connectivity index (χ0) is 15.0. The van der Waals surface area contributed by atoms with Crippen LogP contribution in [0.2, 0.25) is 0 Å². The van der Waals surface area contributed by atoms with Crippen LogP contribution in [0.1, 0.15) is 12.8 Å². The standard InChI is InChI=1S/C12H17N3O4S/c1-19-10-3-2-8(20(14,17)18)6-9(10)15-11(16)12(7-13)4-5-12/h2-3,6H,4-5,7,13H2,1H3,(H,15,16)(H2,14,17,18). The van der Waals surface area contributed by atoms with E-state index in [1.165, 1.54) is 25.3 Å². The van der Waals surface area contributed by atoms with Crippen LogP contribution in [0.4, 0.5) is 5.69 Å². The molecule has 1 fully saturated rings. The van der Waals surface area contributed by atoms with Crippen molar-refractivity contribution in [1.82, 2.24) is 0 Å². The van der Waals surface area contributed by atoms with Gasteiger partial charge >= 0.3 is 0 Å². The Morgan fingerprint density at radius 1 is 1.45 bits per heavy atom. The van der Waals surface area contributed by atoms with Gasteiger partial charge in [0.2, 0.25) is 15.9 Å². The maximum atomic E-state index is 12.1. The van der Waals surface area contributed by atoms with Gasteiger partial charge in [-0.2, -0.15) is 0 Å². The van der Waals surface area contributed by atoms with Gasteiger partial charge in [-0.3, -0.25) is 4.79 Å². The second-order valence-electron chi connectivity index (χ2n) is 4.85. The minimum Gasteiger partial charge on any atom is -0.495 e. The first-order valence-electron chi connectivity index (χ1n) is 6.05. The summed E-state index contributed by atoms with van der Waals surface area (Å²) >= 11 is 0. The number of carbonyl (C=O) groups excluding carboxylic acids is 1. The average Bonchev–Trinajstić information content (AvgIpc) is 3.18. The van der Waals surface area contributed by atoms with Crippen LogP contribution in [0.3, 0.4) is 0 Å². The van der Waals surface area contributed by atoms with Gasteiger partial charge in [-0.25, -0.2) is 13.6 Å². The van der Waals surface area contributed by atoms with Gasteiger partial charge in [-0.1, -0.05) is 0 Å². The number of nitrogens with one attached hydrogen (secondary N) is 1. The number of benzene rings is 1. The summed E-state index contributed by atoms with van der Waals surface area (Å²) in [4.78, 5) is 12.0. The number of rotatable bonds is 5. The van der Waals surface area contributed by atoms with E-state index in [1.807, 2.05) is 0 Å². The lowest BCUT2D eigenvalue weighted by Crippen LogP contribution is -2.31. The minimum absolute atomic E-state index is 0.0915. The lowest BCUT2D eigenvalue weighted by atomic mass is 10.1. The first kappa shape index (κ1) is 14.8. The molecular formula is C12H17N3O4S. The zero-order valence-corrected chi connectivity index (χ0v) is 11.9. The van der Waals surface area contributed by atoms with Crippen LogP contribution in [-0.4, -0.2) is 28.0 Å². The number of primary sulfonamides is 1. The summed E-state index contributed by atoms with van der Waals surface area (Å²) in [5, 5.41) is 7.73. The van der Waals surface area contributed by atoms with E-state index in [-0.39, 0.29) is 23.0 Å². The Balaban J connectivity index is 2.32. The molecule has 1 aliphatic carbocycles. The molecule has 8 heteroatoms. The van der Waals surface area contributed by atoms with Crippen molar-refractivity contribution >= 4 is 21.6 Å². The fourth-order valence-electron chi connectivity index (χ4n) is 1.89. The smallest absolute Gasteiger partial charge is 0.238 e. The van der Waals surface area contributed by atoms with Crippen LogP contribution in [-0.2, 0) is 14.8 Å². The van der Waals surface area contributed by atoms with E-state index in [1.54, 1.807) is 0 Å². The van der Waals surface area contributed by atoms with Crippen molar-refractivity contribution in [2.45, 2.75) is 17.7 Å². The minimum atomic E-state index is -3.84. The highest BCUT2D eigenvalue weighted by Crippen LogP contribution is 2.45. The predicted octanol–water partition coefficient (Wildman–Crippen LogP) is 0.0200. The number of hydrogen-bond donors (Lipinski definition) is 3. The van der Waals surface area contributed by atoms with Gasteiger partial charge in [0.25, 0.3) is 0 Å². The summed E-state index contributed by atoms with van der Waals surface area (Å²) in [6.07, 6.45) is 1.46. The normalized spacial score (nSPS) is 16.6. The molecule has 0 saturated heterocycles. The first-order valence-corrected chi connectivity index (χ1v) is 7.59. The summed E-state index contributed by atoms with van der Waals surface area (Å²) in [6, 6.07) is 4.04. The van der Waals surface area contributed by atoms with Gasteiger partial charge in [-0.15, -0.1) is 0 Å². The molecule has 5 N–H and O–H groups in total. The number of anilines is 1. The van der Waals surface area contributed by atoms with Crippen molar-refractivity contribution in [2.24, 2.45) is 16.3 Å². The summed E-state index contributed by atoms with van der Waals surface area (Å²) in [5.74, 6) is 0.128. The van der Waals surface area contributed by atoms with E-state index in [2.05, 4.69) is 5.32 Å². The Labute approximate surface area is 117 Å². The summed E-state index contributed by atoms with van der Waals surface area (Å²) < 4.78 is 27.8. The largest absolute Gasteiger partial charge is 0.495 e. The Hall–Kier alpha value is -1.64. The number of hydrogen-bond acceptors (Lipinski definition) is 5. The quantitative estimate of drug-likeness (QED) is 0.707. The first-order chi connectivity index (χ1) is 9.32. The third-order valence-corrected chi connectivity index (χ3v) is 4.38. The monoisotopic (exact) mass is 299 g/mol. The van der Waals surface area contributed by atoms with Crippen molar-refractivity contribution in [3.05, 3.63) is 18.2 Å². The van der Waals surface area contributed by atoms with Crippen molar-refractivity contribution in [3.8, 4) is 5.75 Å². The van der Waals surface area contributed by atoms with Crippen molar-refractivity contribution in [2.75, 3.05) is 19.0 Å². The lowest BCUT2D eigenvalue weighted by molar-refractivity contribution is -0.120. The molecule has 0 unspecified atom stereocenters. The molecule has 1 aromatic carbocycles. The van der Waals surface area contributed by atoms with Crippen LogP contribution in [0.15, 0.2) is 23.1 Å². The third kappa shape index (κ3) is 2.77. The number of nitrogens with two attached hydrogens (primary N) is 2. The fraction of sp³-hybridized carbons (Fsp3) is 0.417. The molecule has 1 aromatic rings. The molecule has 20 heavy (non-hydrogen) atoms. The second-order valence-corrected chi connectivity index (χ2v) is 6.41. The van der Waals surface area contributed by atoms with Crippen molar-refractivity contribution < 1.29 is 17.9 Å². The van der Waals surface area contributed by atoms with E-state index in [0.717, 1.165) is 12.8 Å². The number of ether oxygens (including phenoxy) is 1. The highest BCUT2D eigenvalue weighted by atomic mass is 32.2. The van der Waals surface area contributed by atoms with Crippen LogP contribution in [0.25, 0.3) is 0 Å². The van der Waals surface area contributed by atoms with Gasteiger partial charge in [-0.05, 0) is 31.0 Å². The molecule has 1 amide bonds. The van der Waals surface area contributed by atoms with E-state index in [9.17, 15) is 13.2 Å². The predicted molar refractivity (Wildman–Crippen MR) is 73.7 cm³/mol. The van der Waals surface area contributed by atoms with Gasteiger partial charge < -0.3 is 15.8 Å². The van der Waals surface area contributed by atoms with Gasteiger partial charge in [0.15, 0.2) is 0 Å². The molecule has 0 radical (unpaired) electrons. The van der Waals surface area contributed by atoms with Crippen molar-refractivity contribution in [3.63, 3.8) is 0 Å². The molecule has 1 aliphatic rings. The molecule has 110 valence electrons. The Bertz CT molecular complexity index is 638. The molecule has 0 bridgehead atoms. The molecule has 0 aliphatic heterocycles. The summed E-state index contributed by atoms with van der Waals surface area (Å²) in [5.41, 5.74) is 5.31. The topological polar surface area (TPSA) is 125 Å². The zero-order valence-electron chi connectivity index (χ0n) is 11.0. The Morgan fingerprint density at radius 2 is 2.10 bits per heavy atom. The number of carbonyl (C=O) groups is 1. The maximum Gasteiger partial charge on any atom is 0.238 e. The maximum absolute atomic E-state index is 12.1. The lowest BCUT2D eigenvalue weighted by Gasteiger charge is -2.15. The van der Waals surface area contributed by atoms with Gasteiger partial charge in [0.05, 0.1) is 23.1 Å². The van der Waals surface area contributed by atoms with Crippen LogP contribution in [0, 0.1) is 5.41 Å². The summed E-state index contributed by atoms with van der Waals surface area (Å²) in [7, 11) is -2.42. The average molecular weight is 299 g/mol. The van der Waals surface area contributed by atoms with Gasteiger partial charge in [0.1, 0.15) is 5.75 Å². The SMILES string of the molecule is COc1ccc(S(N)(=O)=O)cc1NC(=O)C1(CN)CC1. The number of sulfonamides is 1. The molecule has 7 nitrogen and oxygen atoms in total. The van der Waals surface area contributed by atoms with Crippen LogP contribution < -0.4 is 20.9 Å². The van der Waals surface area contributed by atoms with E-state index < -0.39 is 15.4 Å². The second kappa shape index (κ2) is 5.04. The van der Waals surface area contributed by atoms with Gasteiger partial charge in [0, 0.05) is 6.54 Å². The molecule has 0 atom stereocenters. The van der Waals surface area contributed by atoms with Crippen molar-refractivity contribution in [1.29, 1.82) is 0 Å². The molecule has 0 aromatic heterocycles. The Morgan fingerprint density at radius 3 is 2.55 bits per heavy atom. The van der Waals surface area contributed by atoms with Crippen LogP contribution in [0.5, 0.6) is 5.75 Å². The van der Waals surface area contributed by atoms with E-state index >= 15 is 0 Å². The fourth-order valence-corrected chi connectivity index (χ4v) is 2.43. The molecular weight excluding hydrogens is 282 g/mol. The molecule has 0 spiro atoms. The third-order valence-electron chi connectivity index (χ3n) is 3.47. The van der Waals surface area contributed by atoms with E-state index in [0.29, 0.717) is 5.75 Å². The molecule has 1 saturated carbocycles. The number of methoxy groups -OCH3 is 1. The highest BCUT2D eigenvalue weighted by molar-refractivity contribution is 7.89. The van der Waals surface area contributed by atoms with E-state index in [4.69, 9.17) is 15.6 Å². The molecule has 0 heterocycles. The highest BCUT2D eigenvalue weighted by Gasteiger charge is 2.48. The van der Waals surface area contributed by atoms with Crippen LogP contribution >= 0.6 is 0 Å².